The highest BCUT2D eigenvalue weighted by atomic mass is 32.1. The molecule has 2 aromatic heterocycles. The molecule has 4 N–H and O–H groups in total. The zero-order chi connectivity index (χ0) is 20.1. The van der Waals surface area contributed by atoms with E-state index in [9.17, 15) is 14.4 Å². The second-order valence-electron chi connectivity index (χ2n) is 6.97. The first kappa shape index (κ1) is 17.6. The lowest BCUT2D eigenvalue weighted by molar-refractivity contribution is -0.136. The van der Waals surface area contributed by atoms with E-state index >= 15 is 0 Å². The van der Waals surface area contributed by atoms with Crippen LogP contribution in [-0.4, -0.2) is 38.6 Å². The van der Waals surface area contributed by atoms with Gasteiger partial charge in [-0.3, -0.25) is 19.7 Å². The third kappa shape index (κ3) is 2.97. The number of fused-ring (bicyclic) bond motifs is 2. The van der Waals surface area contributed by atoms with Gasteiger partial charge in [0, 0.05) is 24.2 Å². The van der Waals surface area contributed by atoms with Gasteiger partial charge in [-0.1, -0.05) is 0 Å². The summed E-state index contributed by atoms with van der Waals surface area (Å²) in [6.07, 6.45) is 0.566. The predicted octanol–water partition coefficient (Wildman–Crippen LogP) is 1.78. The number of nitrogens with zero attached hydrogens (tertiary/aromatic N) is 3. The molecule has 1 fully saturated rings. The van der Waals surface area contributed by atoms with Gasteiger partial charge < -0.3 is 16.0 Å². The minimum absolute atomic E-state index is 0.207. The van der Waals surface area contributed by atoms with E-state index in [0.29, 0.717) is 30.3 Å². The summed E-state index contributed by atoms with van der Waals surface area (Å²) in [6.45, 7) is 0.308. The number of hydrogen-bond acceptors (Lipinski definition) is 8. The number of nitrogens with one attached hydrogen (secondary N) is 2. The smallest absolute Gasteiger partial charge is 0.255 e. The zero-order valence-corrected chi connectivity index (χ0v) is 16.0. The number of thiophene rings is 1. The maximum absolute atomic E-state index is 12.8. The quantitative estimate of drug-likeness (QED) is 0.563. The van der Waals surface area contributed by atoms with Crippen LogP contribution in [0.3, 0.4) is 0 Å². The fourth-order valence-electron chi connectivity index (χ4n) is 3.72. The van der Waals surface area contributed by atoms with E-state index in [-0.39, 0.29) is 18.2 Å². The third-order valence-corrected chi connectivity index (χ3v) is 5.94. The summed E-state index contributed by atoms with van der Waals surface area (Å²) in [5, 5.41) is 8.16. The van der Waals surface area contributed by atoms with Crippen LogP contribution in [-0.2, 0) is 16.1 Å². The summed E-state index contributed by atoms with van der Waals surface area (Å²) < 4.78 is 0. The van der Waals surface area contributed by atoms with Crippen LogP contribution >= 0.6 is 11.3 Å². The van der Waals surface area contributed by atoms with Gasteiger partial charge in [0.1, 0.15) is 16.7 Å². The molecule has 2 aliphatic heterocycles. The molecule has 10 heteroatoms. The summed E-state index contributed by atoms with van der Waals surface area (Å²) in [4.78, 5) is 47.3. The van der Waals surface area contributed by atoms with Crippen LogP contribution in [0.1, 0.15) is 28.8 Å². The molecule has 146 valence electrons. The Labute approximate surface area is 168 Å². The van der Waals surface area contributed by atoms with Crippen molar-refractivity contribution >= 4 is 56.7 Å². The molecule has 4 heterocycles. The SMILES string of the molecule is Nc1nc(Nc2ccc3c(c2)CN(C2CCC(=O)NC2=O)C3=O)nc2sccc12. The number of amides is 3. The molecule has 1 unspecified atom stereocenters. The van der Waals surface area contributed by atoms with Crippen LogP contribution in [0.15, 0.2) is 29.6 Å². The average Bonchev–Trinajstić information content (AvgIpc) is 3.27. The van der Waals surface area contributed by atoms with Crippen molar-refractivity contribution in [3.63, 3.8) is 0 Å². The van der Waals surface area contributed by atoms with Crippen LogP contribution in [0.25, 0.3) is 10.2 Å². The number of piperidine rings is 1. The van der Waals surface area contributed by atoms with Crippen LogP contribution in [0.2, 0.25) is 0 Å². The normalized spacial score (nSPS) is 18.8. The molecule has 3 amide bonds. The van der Waals surface area contributed by atoms with Gasteiger partial charge in [-0.25, -0.2) is 4.98 Å². The van der Waals surface area contributed by atoms with Gasteiger partial charge in [0.05, 0.1) is 5.39 Å². The number of benzene rings is 1. The molecule has 2 aliphatic rings. The van der Waals surface area contributed by atoms with Gasteiger partial charge in [0.25, 0.3) is 5.91 Å². The predicted molar refractivity (Wildman–Crippen MR) is 108 cm³/mol. The first-order valence-electron chi connectivity index (χ1n) is 9.05. The van der Waals surface area contributed by atoms with Gasteiger partial charge in [-0.2, -0.15) is 4.98 Å². The second-order valence-corrected chi connectivity index (χ2v) is 7.86. The largest absolute Gasteiger partial charge is 0.383 e. The summed E-state index contributed by atoms with van der Waals surface area (Å²) >= 11 is 1.48. The molecule has 29 heavy (non-hydrogen) atoms. The van der Waals surface area contributed by atoms with Crippen molar-refractivity contribution in [1.82, 2.24) is 20.2 Å². The van der Waals surface area contributed by atoms with E-state index in [2.05, 4.69) is 20.6 Å². The number of rotatable bonds is 3. The number of anilines is 3. The minimum Gasteiger partial charge on any atom is -0.383 e. The van der Waals surface area contributed by atoms with Crippen molar-refractivity contribution in [3.8, 4) is 0 Å². The van der Waals surface area contributed by atoms with Gasteiger partial charge in [0.15, 0.2) is 0 Å². The van der Waals surface area contributed by atoms with E-state index in [4.69, 9.17) is 5.73 Å². The number of carbonyl (C=O) groups excluding carboxylic acids is 3. The van der Waals surface area contributed by atoms with Crippen molar-refractivity contribution in [1.29, 1.82) is 0 Å². The molecule has 1 aromatic carbocycles. The first-order chi connectivity index (χ1) is 14.0. The Kier molecular flexibility index (Phi) is 3.95. The topological polar surface area (TPSA) is 130 Å². The lowest BCUT2D eigenvalue weighted by Crippen LogP contribution is -2.52. The van der Waals surface area contributed by atoms with Gasteiger partial charge in [-0.05, 0) is 41.6 Å². The summed E-state index contributed by atoms with van der Waals surface area (Å²) in [6, 6.07) is 6.58. The number of carbonyl (C=O) groups is 3. The maximum Gasteiger partial charge on any atom is 0.255 e. The Balaban J connectivity index is 1.39. The molecule has 5 rings (SSSR count). The van der Waals surface area contributed by atoms with Gasteiger partial charge in [0.2, 0.25) is 17.8 Å². The Morgan fingerprint density at radius 2 is 2.07 bits per heavy atom. The van der Waals surface area contributed by atoms with Crippen LogP contribution < -0.4 is 16.4 Å². The Hall–Kier alpha value is -3.53. The Morgan fingerprint density at radius 3 is 2.90 bits per heavy atom. The Morgan fingerprint density at radius 1 is 1.21 bits per heavy atom. The Bertz CT molecular complexity index is 1190. The second kappa shape index (κ2) is 6.52. The molecular formula is C19H16N6O3S. The highest BCUT2D eigenvalue weighted by Gasteiger charge is 2.39. The number of nitrogen functional groups attached to an aromatic ring is 1. The van der Waals surface area contributed by atoms with E-state index < -0.39 is 11.9 Å². The molecule has 1 atom stereocenters. The van der Waals surface area contributed by atoms with E-state index in [1.165, 1.54) is 16.2 Å². The summed E-state index contributed by atoms with van der Waals surface area (Å²) in [5.74, 6) is -0.151. The summed E-state index contributed by atoms with van der Waals surface area (Å²) in [7, 11) is 0. The third-order valence-electron chi connectivity index (χ3n) is 5.13. The number of nitrogens with two attached hydrogens (primary N) is 1. The fourth-order valence-corrected chi connectivity index (χ4v) is 4.49. The number of aromatic nitrogens is 2. The molecule has 0 bridgehead atoms. The fraction of sp³-hybridized carbons (Fsp3) is 0.211. The lowest BCUT2D eigenvalue weighted by Gasteiger charge is -2.29. The van der Waals surface area contributed by atoms with E-state index in [1.807, 2.05) is 17.5 Å². The molecular weight excluding hydrogens is 392 g/mol. The first-order valence-corrected chi connectivity index (χ1v) is 9.93. The van der Waals surface area contributed by atoms with Crippen molar-refractivity contribution < 1.29 is 14.4 Å². The van der Waals surface area contributed by atoms with Crippen LogP contribution in [0, 0.1) is 0 Å². The highest BCUT2D eigenvalue weighted by Crippen LogP contribution is 2.31. The van der Waals surface area contributed by atoms with Gasteiger partial charge >= 0.3 is 0 Å². The highest BCUT2D eigenvalue weighted by molar-refractivity contribution is 7.16. The minimum atomic E-state index is -0.631. The standard InChI is InChI=1S/C19H16N6O3S/c20-15-12-5-6-29-17(12)24-19(23-15)21-10-1-2-11-9(7-10)8-25(18(11)28)13-3-4-14(26)22-16(13)27/h1-2,5-7,13H,3-4,8H2,(H,22,26,27)(H3,20,21,23,24). The zero-order valence-electron chi connectivity index (χ0n) is 15.1. The van der Waals surface area contributed by atoms with E-state index in [1.54, 1.807) is 12.1 Å². The molecule has 9 nitrogen and oxygen atoms in total. The van der Waals surface area contributed by atoms with Crippen molar-refractivity contribution in [2.75, 3.05) is 11.1 Å². The van der Waals surface area contributed by atoms with E-state index in [0.717, 1.165) is 21.5 Å². The molecule has 0 spiro atoms. The molecule has 0 aliphatic carbocycles. The van der Waals surface area contributed by atoms with Crippen LogP contribution in [0.4, 0.5) is 17.5 Å². The molecule has 0 radical (unpaired) electrons. The average molecular weight is 408 g/mol. The molecule has 1 saturated heterocycles. The van der Waals surface area contributed by atoms with Crippen LogP contribution in [0.5, 0.6) is 0 Å². The van der Waals surface area contributed by atoms with Gasteiger partial charge in [-0.15, -0.1) is 11.3 Å². The van der Waals surface area contributed by atoms with Crippen molar-refractivity contribution in [2.45, 2.75) is 25.4 Å². The monoisotopic (exact) mass is 408 g/mol. The summed E-state index contributed by atoms with van der Waals surface area (Å²) in [5.41, 5.74) is 8.06. The number of imide groups is 1. The maximum atomic E-state index is 12.8. The lowest BCUT2D eigenvalue weighted by atomic mass is 10.0. The molecule has 0 saturated carbocycles. The van der Waals surface area contributed by atoms with Crippen molar-refractivity contribution in [3.05, 3.63) is 40.8 Å². The molecule has 3 aromatic rings. The number of hydrogen-bond donors (Lipinski definition) is 3. The van der Waals surface area contributed by atoms with Crippen molar-refractivity contribution in [2.24, 2.45) is 0 Å².